The lowest BCUT2D eigenvalue weighted by Crippen LogP contribution is -2.28. The smallest absolute Gasteiger partial charge is 0.344 e. The number of carbonyl (C=O) groups excluding carboxylic acids is 2. The molecule has 152 valence electrons. The van der Waals surface area contributed by atoms with Gasteiger partial charge in [-0.15, -0.1) is 0 Å². The van der Waals surface area contributed by atoms with Crippen LogP contribution in [0.2, 0.25) is 0 Å². The zero-order chi connectivity index (χ0) is 20.4. The van der Waals surface area contributed by atoms with E-state index in [4.69, 9.17) is 18.9 Å². The molecule has 7 nitrogen and oxygen atoms in total. The van der Waals surface area contributed by atoms with Crippen LogP contribution in [0.15, 0.2) is 30.3 Å². The minimum Gasteiger partial charge on any atom is -0.493 e. The highest BCUT2D eigenvalue weighted by atomic mass is 16.6. The Morgan fingerprint density at radius 2 is 1.86 bits per heavy atom. The molecule has 0 saturated heterocycles. The average Bonchev–Trinajstić information content (AvgIpc) is 3.08. The molecular formula is C22H23NO6. The predicted octanol–water partition coefficient (Wildman–Crippen LogP) is 3.09. The van der Waals surface area contributed by atoms with Gasteiger partial charge in [-0.2, -0.15) is 0 Å². The summed E-state index contributed by atoms with van der Waals surface area (Å²) in [5, 5.41) is 2.81. The zero-order valence-corrected chi connectivity index (χ0v) is 16.4. The summed E-state index contributed by atoms with van der Waals surface area (Å²) in [7, 11) is 3.06. The summed E-state index contributed by atoms with van der Waals surface area (Å²) in [4.78, 5) is 24.0. The second-order valence-electron chi connectivity index (χ2n) is 7.06. The average molecular weight is 397 g/mol. The highest BCUT2D eigenvalue weighted by Gasteiger charge is 2.25. The monoisotopic (exact) mass is 397 g/mol. The van der Waals surface area contributed by atoms with E-state index < -0.39 is 5.97 Å². The van der Waals surface area contributed by atoms with Crippen LogP contribution in [0.4, 0.5) is 0 Å². The van der Waals surface area contributed by atoms with Crippen LogP contribution in [0.5, 0.6) is 17.2 Å². The van der Waals surface area contributed by atoms with Crippen molar-refractivity contribution in [2.45, 2.75) is 31.9 Å². The third kappa shape index (κ3) is 3.72. The van der Waals surface area contributed by atoms with Crippen molar-refractivity contribution in [3.05, 3.63) is 41.5 Å². The first-order valence-electron chi connectivity index (χ1n) is 9.59. The minimum atomic E-state index is -0.408. The lowest BCUT2D eigenvalue weighted by Gasteiger charge is -2.25. The summed E-state index contributed by atoms with van der Waals surface area (Å²) in [6.07, 6.45) is 2.89. The van der Waals surface area contributed by atoms with Crippen molar-refractivity contribution in [2.75, 3.05) is 20.8 Å². The number of hydrogen-bond donors (Lipinski definition) is 1. The molecule has 1 fully saturated rings. The largest absolute Gasteiger partial charge is 0.493 e. The maximum absolute atomic E-state index is 12.1. The quantitative estimate of drug-likeness (QED) is 0.723. The summed E-state index contributed by atoms with van der Waals surface area (Å²) < 4.78 is 22.1. The molecule has 0 aromatic heterocycles. The van der Waals surface area contributed by atoms with Crippen LogP contribution in [-0.4, -0.2) is 38.8 Å². The van der Waals surface area contributed by atoms with Crippen molar-refractivity contribution in [1.29, 1.82) is 0 Å². The molecule has 1 N–H and O–H groups in total. The predicted molar refractivity (Wildman–Crippen MR) is 105 cm³/mol. The van der Waals surface area contributed by atoms with E-state index in [-0.39, 0.29) is 18.6 Å². The van der Waals surface area contributed by atoms with Crippen molar-refractivity contribution < 1.29 is 28.5 Å². The van der Waals surface area contributed by atoms with Gasteiger partial charge < -0.3 is 24.3 Å². The summed E-state index contributed by atoms with van der Waals surface area (Å²) in [5.41, 5.74) is 3.17. The second kappa shape index (κ2) is 8.03. The van der Waals surface area contributed by atoms with Crippen LogP contribution < -0.4 is 19.5 Å². The molecule has 2 aromatic carbocycles. The number of rotatable bonds is 7. The van der Waals surface area contributed by atoms with Crippen LogP contribution in [-0.2, 0) is 16.1 Å². The molecule has 7 heteroatoms. The molecule has 1 aliphatic heterocycles. The molecule has 1 aliphatic carbocycles. The Morgan fingerprint density at radius 1 is 1.07 bits per heavy atom. The number of esters is 1. The number of carbonyl (C=O) groups is 2. The highest BCUT2D eigenvalue weighted by molar-refractivity contribution is 5.99. The molecular weight excluding hydrogens is 374 g/mol. The molecule has 2 aliphatic rings. The lowest BCUT2D eigenvalue weighted by atomic mass is 9.96. The third-order valence-corrected chi connectivity index (χ3v) is 5.28. The number of fused-ring (bicyclic) bond motifs is 1. The number of amides is 1. The summed E-state index contributed by atoms with van der Waals surface area (Å²) in [6, 6.07) is 9.21. The molecule has 4 rings (SSSR count). The molecule has 0 radical (unpaired) electrons. The van der Waals surface area contributed by atoms with Gasteiger partial charge in [-0.1, -0.05) is 6.07 Å². The fourth-order valence-corrected chi connectivity index (χ4v) is 3.51. The number of methoxy groups -OCH3 is 2. The Balaban J connectivity index is 1.66. The zero-order valence-electron chi connectivity index (χ0n) is 16.4. The summed E-state index contributed by atoms with van der Waals surface area (Å²) in [5.74, 6) is 0.811. The van der Waals surface area contributed by atoms with Crippen LogP contribution in [0.3, 0.4) is 0 Å². The highest BCUT2D eigenvalue weighted by Crippen LogP contribution is 2.45. The molecule has 1 heterocycles. The van der Waals surface area contributed by atoms with Gasteiger partial charge in [0.2, 0.25) is 5.75 Å². The van der Waals surface area contributed by atoms with Crippen molar-refractivity contribution in [2.24, 2.45) is 0 Å². The molecule has 1 amide bonds. The number of hydrogen-bond acceptors (Lipinski definition) is 6. The van der Waals surface area contributed by atoms with E-state index >= 15 is 0 Å². The Kier molecular flexibility index (Phi) is 5.29. The van der Waals surface area contributed by atoms with Crippen molar-refractivity contribution >= 4 is 11.9 Å². The van der Waals surface area contributed by atoms with E-state index in [0.717, 1.165) is 36.0 Å². The third-order valence-electron chi connectivity index (χ3n) is 5.28. The van der Waals surface area contributed by atoms with Gasteiger partial charge in [0, 0.05) is 17.7 Å². The van der Waals surface area contributed by atoms with Crippen LogP contribution >= 0.6 is 0 Å². The van der Waals surface area contributed by atoms with Crippen molar-refractivity contribution in [3.63, 3.8) is 0 Å². The Bertz CT molecular complexity index is 951. The van der Waals surface area contributed by atoms with Gasteiger partial charge in [-0.05, 0) is 54.7 Å². The number of nitrogens with one attached hydrogen (secondary N) is 1. The summed E-state index contributed by atoms with van der Waals surface area (Å²) in [6.45, 7) is 0.261. The fraction of sp³-hybridized carbons (Fsp3) is 0.364. The maximum atomic E-state index is 12.1. The van der Waals surface area contributed by atoms with Gasteiger partial charge in [-0.25, -0.2) is 4.79 Å². The van der Waals surface area contributed by atoms with Gasteiger partial charge in [0.1, 0.15) is 6.10 Å². The topological polar surface area (TPSA) is 83.1 Å². The first kappa shape index (κ1) is 19.1. The Morgan fingerprint density at radius 3 is 2.55 bits per heavy atom. The molecule has 29 heavy (non-hydrogen) atoms. The van der Waals surface area contributed by atoms with E-state index in [0.29, 0.717) is 29.4 Å². The van der Waals surface area contributed by atoms with Gasteiger partial charge >= 0.3 is 5.97 Å². The van der Waals surface area contributed by atoms with E-state index in [2.05, 4.69) is 5.32 Å². The van der Waals surface area contributed by atoms with E-state index in [1.54, 1.807) is 19.2 Å². The first-order chi connectivity index (χ1) is 14.1. The normalized spacial score (nSPS) is 15.2. The Hall–Kier alpha value is -3.22. The Labute approximate surface area is 168 Å². The van der Waals surface area contributed by atoms with Gasteiger partial charge in [0.15, 0.2) is 18.1 Å². The molecule has 0 unspecified atom stereocenters. The molecule has 2 aromatic rings. The van der Waals surface area contributed by atoms with Crippen LogP contribution in [0, 0.1) is 0 Å². The van der Waals surface area contributed by atoms with Crippen LogP contribution in [0.1, 0.15) is 35.2 Å². The maximum Gasteiger partial charge on any atom is 0.344 e. The summed E-state index contributed by atoms with van der Waals surface area (Å²) >= 11 is 0. The van der Waals surface area contributed by atoms with Crippen LogP contribution in [0.25, 0.3) is 11.1 Å². The fourth-order valence-electron chi connectivity index (χ4n) is 3.51. The van der Waals surface area contributed by atoms with E-state index in [1.807, 2.05) is 18.2 Å². The van der Waals surface area contributed by atoms with E-state index in [1.165, 1.54) is 7.11 Å². The van der Waals surface area contributed by atoms with Gasteiger partial charge in [-0.3, -0.25) is 4.79 Å². The second-order valence-corrected chi connectivity index (χ2v) is 7.06. The minimum absolute atomic E-state index is 0.000441. The number of benzene rings is 2. The van der Waals surface area contributed by atoms with Crippen molar-refractivity contribution in [1.82, 2.24) is 5.32 Å². The SMILES string of the molecule is COc1ccc(-c2ccc3c(c2)CNC3=O)c(OCC(=O)OC2CCC2)c1OC. The van der Waals surface area contributed by atoms with E-state index in [9.17, 15) is 9.59 Å². The van der Waals surface area contributed by atoms with Crippen molar-refractivity contribution in [3.8, 4) is 28.4 Å². The standard InChI is InChI=1S/C22H23NO6/c1-26-18-9-8-16(13-6-7-17-14(10-13)11-23-22(17)25)20(21(18)27-2)28-12-19(24)29-15-4-3-5-15/h6-10,15H,3-5,11-12H2,1-2H3,(H,23,25). The lowest BCUT2D eigenvalue weighted by molar-refractivity contribution is -0.155. The molecule has 1 saturated carbocycles. The van der Waals surface area contributed by atoms with Gasteiger partial charge in [0.05, 0.1) is 14.2 Å². The molecule has 0 atom stereocenters. The first-order valence-corrected chi connectivity index (χ1v) is 9.59. The molecule has 0 spiro atoms. The molecule has 0 bridgehead atoms. The number of ether oxygens (including phenoxy) is 4. The van der Waals surface area contributed by atoms with Gasteiger partial charge in [0.25, 0.3) is 5.91 Å².